The number of nitrogens with one attached hydrogen (secondary N) is 2. The summed E-state index contributed by atoms with van der Waals surface area (Å²) in [6.07, 6.45) is 3.32. The second-order valence-corrected chi connectivity index (χ2v) is 6.69. The van der Waals surface area contributed by atoms with E-state index >= 15 is 0 Å². The molecule has 6 nitrogen and oxygen atoms in total. The summed E-state index contributed by atoms with van der Waals surface area (Å²) >= 11 is 0. The summed E-state index contributed by atoms with van der Waals surface area (Å²) in [6, 6.07) is 9.16. The van der Waals surface area contributed by atoms with E-state index in [1.165, 1.54) is 6.42 Å². The van der Waals surface area contributed by atoms with E-state index in [0.29, 0.717) is 11.2 Å². The monoisotopic (exact) mass is 367 g/mol. The molecule has 2 aliphatic rings. The van der Waals surface area contributed by atoms with Crippen molar-refractivity contribution in [1.82, 2.24) is 15.5 Å². The molecule has 0 aliphatic carbocycles. The number of piperidine rings is 1. The van der Waals surface area contributed by atoms with Gasteiger partial charge in [-0.25, -0.2) is 0 Å². The Kier molecular flexibility index (Phi) is 7.08. The average molecular weight is 368 g/mol. The summed E-state index contributed by atoms with van der Waals surface area (Å²) in [5.74, 6) is 0.357. The second-order valence-electron chi connectivity index (χ2n) is 6.69. The number of halogens is 1. The third-order valence-corrected chi connectivity index (χ3v) is 5.06. The first-order valence-corrected chi connectivity index (χ1v) is 8.60. The molecule has 2 amide bonds. The maximum Gasteiger partial charge on any atom is 0.258 e. The van der Waals surface area contributed by atoms with Crippen molar-refractivity contribution in [3.63, 3.8) is 0 Å². The molecule has 1 aromatic rings. The number of ether oxygens (including phenoxy) is 1. The van der Waals surface area contributed by atoms with E-state index in [1.807, 2.05) is 23.1 Å². The highest BCUT2D eigenvalue weighted by molar-refractivity contribution is 5.85. The summed E-state index contributed by atoms with van der Waals surface area (Å²) in [6.45, 7) is 3.70. The molecule has 0 atom stereocenters. The molecule has 3 rings (SSSR count). The van der Waals surface area contributed by atoms with Gasteiger partial charge in [-0.1, -0.05) is 18.2 Å². The van der Waals surface area contributed by atoms with Crippen molar-refractivity contribution < 1.29 is 14.3 Å². The van der Waals surface area contributed by atoms with Gasteiger partial charge in [0.1, 0.15) is 5.75 Å². The van der Waals surface area contributed by atoms with Gasteiger partial charge in [-0.15, -0.1) is 12.4 Å². The van der Waals surface area contributed by atoms with Gasteiger partial charge < -0.3 is 20.3 Å². The van der Waals surface area contributed by atoms with Gasteiger partial charge in [0.2, 0.25) is 5.91 Å². The van der Waals surface area contributed by atoms with Crippen LogP contribution in [0.3, 0.4) is 0 Å². The van der Waals surface area contributed by atoms with E-state index in [9.17, 15) is 9.59 Å². The van der Waals surface area contributed by atoms with Crippen molar-refractivity contribution in [2.24, 2.45) is 5.41 Å². The van der Waals surface area contributed by atoms with Crippen LogP contribution in [0, 0.1) is 5.41 Å². The Hall–Kier alpha value is -1.79. The van der Waals surface area contributed by atoms with Gasteiger partial charge in [0, 0.05) is 19.6 Å². The summed E-state index contributed by atoms with van der Waals surface area (Å²) < 4.78 is 5.37. The van der Waals surface area contributed by atoms with Crippen LogP contribution < -0.4 is 15.4 Å². The number of carbonyl (C=O) groups excluding carboxylic acids is 2. The van der Waals surface area contributed by atoms with E-state index in [1.54, 1.807) is 12.1 Å². The number of hydrogen-bond donors (Lipinski definition) is 2. The van der Waals surface area contributed by atoms with Crippen LogP contribution in [0.25, 0.3) is 0 Å². The largest absolute Gasteiger partial charge is 0.484 e. The molecular weight excluding hydrogens is 342 g/mol. The van der Waals surface area contributed by atoms with E-state index < -0.39 is 0 Å². The van der Waals surface area contributed by atoms with Crippen molar-refractivity contribution in [2.75, 3.05) is 39.3 Å². The zero-order valence-corrected chi connectivity index (χ0v) is 15.1. The van der Waals surface area contributed by atoms with E-state index in [4.69, 9.17) is 4.74 Å². The van der Waals surface area contributed by atoms with Gasteiger partial charge >= 0.3 is 0 Å². The van der Waals surface area contributed by atoms with Crippen molar-refractivity contribution in [2.45, 2.75) is 19.3 Å². The molecule has 2 aliphatic heterocycles. The maximum absolute atomic E-state index is 12.2. The van der Waals surface area contributed by atoms with Crippen molar-refractivity contribution in [3.05, 3.63) is 30.3 Å². The van der Waals surface area contributed by atoms with Gasteiger partial charge in [-0.3, -0.25) is 9.59 Å². The molecule has 25 heavy (non-hydrogen) atoms. The SMILES string of the molecule is Cl.O=C(COc1ccccc1)NCC(=O)N1CCC2(CCNC2)CC1. The number of amides is 2. The molecule has 0 saturated carbocycles. The molecule has 1 spiro atoms. The predicted octanol–water partition coefficient (Wildman–Crippen LogP) is 1.21. The molecule has 0 bridgehead atoms. The lowest BCUT2D eigenvalue weighted by molar-refractivity contribution is -0.135. The second kappa shape index (κ2) is 9.06. The summed E-state index contributed by atoms with van der Waals surface area (Å²) in [5, 5.41) is 6.06. The van der Waals surface area contributed by atoms with Crippen LogP contribution in [0.2, 0.25) is 0 Å². The third-order valence-electron chi connectivity index (χ3n) is 5.06. The first-order valence-electron chi connectivity index (χ1n) is 8.60. The highest BCUT2D eigenvalue weighted by Gasteiger charge is 2.37. The average Bonchev–Trinajstić information content (AvgIpc) is 3.07. The fourth-order valence-corrected chi connectivity index (χ4v) is 3.46. The molecule has 2 N–H and O–H groups in total. The number of rotatable bonds is 5. The van der Waals surface area contributed by atoms with Crippen LogP contribution in [0.4, 0.5) is 0 Å². The maximum atomic E-state index is 12.2. The van der Waals surface area contributed by atoms with E-state index in [-0.39, 0.29) is 37.4 Å². The summed E-state index contributed by atoms with van der Waals surface area (Å²) in [4.78, 5) is 25.9. The van der Waals surface area contributed by atoms with Gasteiger partial charge in [-0.05, 0) is 43.4 Å². The highest BCUT2D eigenvalue weighted by Crippen LogP contribution is 2.36. The summed E-state index contributed by atoms with van der Waals surface area (Å²) in [7, 11) is 0. The normalized spacial score (nSPS) is 18.5. The first kappa shape index (κ1) is 19.5. The number of para-hydroxylation sites is 1. The number of hydrogen-bond acceptors (Lipinski definition) is 4. The van der Waals surface area contributed by atoms with E-state index in [0.717, 1.165) is 39.0 Å². The Morgan fingerprint density at radius 3 is 2.52 bits per heavy atom. The Labute approximate surface area is 154 Å². The highest BCUT2D eigenvalue weighted by atomic mass is 35.5. The van der Waals surface area contributed by atoms with Crippen LogP contribution in [0.1, 0.15) is 19.3 Å². The molecule has 0 aromatic heterocycles. The van der Waals surface area contributed by atoms with Crippen molar-refractivity contribution >= 4 is 24.2 Å². The minimum absolute atomic E-state index is 0. The van der Waals surface area contributed by atoms with Gasteiger partial charge in [-0.2, -0.15) is 0 Å². The van der Waals surface area contributed by atoms with Crippen LogP contribution in [-0.2, 0) is 9.59 Å². The lowest BCUT2D eigenvalue weighted by Crippen LogP contribution is -2.47. The number of likely N-dealkylation sites (tertiary alicyclic amines) is 1. The van der Waals surface area contributed by atoms with Gasteiger partial charge in [0.15, 0.2) is 6.61 Å². The smallest absolute Gasteiger partial charge is 0.258 e. The topological polar surface area (TPSA) is 70.7 Å². The standard InChI is InChI=1S/C18H25N3O3.ClH/c22-16(13-24-15-4-2-1-3-5-15)20-12-17(23)21-10-7-18(8-11-21)6-9-19-14-18;/h1-5,19H,6-14H2,(H,20,22);1H. The van der Waals surface area contributed by atoms with Crippen LogP contribution in [0.15, 0.2) is 30.3 Å². The van der Waals surface area contributed by atoms with Crippen molar-refractivity contribution in [3.8, 4) is 5.75 Å². The zero-order valence-electron chi connectivity index (χ0n) is 14.3. The van der Waals surface area contributed by atoms with Crippen LogP contribution in [0.5, 0.6) is 5.75 Å². The van der Waals surface area contributed by atoms with Crippen molar-refractivity contribution in [1.29, 1.82) is 0 Å². The van der Waals surface area contributed by atoms with E-state index in [2.05, 4.69) is 10.6 Å². The minimum Gasteiger partial charge on any atom is -0.484 e. The van der Waals surface area contributed by atoms with Gasteiger partial charge in [0.25, 0.3) is 5.91 Å². The molecule has 7 heteroatoms. The number of carbonyl (C=O) groups is 2. The third kappa shape index (κ3) is 5.34. The van der Waals surface area contributed by atoms with Crippen LogP contribution >= 0.6 is 12.4 Å². The molecule has 2 fully saturated rings. The Morgan fingerprint density at radius 2 is 1.88 bits per heavy atom. The van der Waals surface area contributed by atoms with Crippen LogP contribution in [-0.4, -0.2) is 56.0 Å². The molecule has 2 saturated heterocycles. The molecule has 1 aromatic carbocycles. The minimum atomic E-state index is -0.277. The Morgan fingerprint density at radius 1 is 1.16 bits per heavy atom. The molecule has 138 valence electrons. The fourth-order valence-electron chi connectivity index (χ4n) is 3.46. The quantitative estimate of drug-likeness (QED) is 0.820. The van der Waals surface area contributed by atoms with Gasteiger partial charge in [0.05, 0.1) is 6.54 Å². The lowest BCUT2D eigenvalue weighted by atomic mass is 9.78. The fraction of sp³-hybridized carbons (Fsp3) is 0.556. The predicted molar refractivity (Wildman–Crippen MR) is 97.9 cm³/mol. The number of benzene rings is 1. The summed E-state index contributed by atoms with van der Waals surface area (Å²) in [5.41, 5.74) is 0.392. The molecule has 0 radical (unpaired) electrons. The first-order chi connectivity index (χ1) is 11.7. The lowest BCUT2D eigenvalue weighted by Gasteiger charge is -2.38. The Balaban J connectivity index is 0.00000225. The molecular formula is C18H26ClN3O3. The zero-order chi connectivity index (χ0) is 16.8. The molecule has 0 unspecified atom stereocenters. The molecule has 2 heterocycles. The number of nitrogens with zero attached hydrogens (tertiary/aromatic N) is 1. The Bertz CT molecular complexity index is 566.